The van der Waals surface area contributed by atoms with E-state index in [9.17, 15) is 0 Å². The third-order valence-electron chi connectivity index (χ3n) is 0. The fourth-order valence-electron chi connectivity index (χ4n) is 0. The van der Waals surface area contributed by atoms with E-state index in [1.54, 1.807) is 0 Å². The Morgan fingerprint density at radius 2 is 1.33 bits per heavy atom. The molecule has 3 nitrogen and oxygen atoms in total. The van der Waals surface area contributed by atoms with Gasteiger partial charge in [-0.2, -0.15) is 4.21 Å². The standard InChI is InChI=1S/ClH.Na.H2O3S.H/c;;1-4(2)3;/h1H;;(H2,1,2,3);. The van der Waals surface area contributed by atoms with Crippen LogP contribution in [0.4, 0.5) is 0 Å². The van der Waals surface area contributed by atoms with Crippen LogP contribution in [0.15, 0.2) is 0 Å². The summed E-state index contributed by atoms with van der Waals surface area (Å²) < 4.78 is 22.8. The average Bonchev–Trinajstić information content (AvgIpc) is 0.811. The molecule has 0 saturated carbocycles. The average molecular weight is 143 g/mol. The van der Waals surface area contributed by atoms with Crippen molar-refractivity contribution in [3.8, 4) is 0 Å². The second kappa shape index (κ2) is 9.61. The second-order valence-electron chi connectivity index (χ2n) is 0.231. The third-order valence-corrected chi connectivity index (χ3v) is 0. The van der Waals surface area contributed by atoms with Crippen molar-refractivity contribution in [1.29, 1.82) is 0 Å². The minimum absolute atomic E-state index is 0. The summed E-state index contributed by atoms with van der Waals surface area (Å²) in [6.45, 7) is 0. The Morgan fingerprint density at radius 3 is 1.33 bits per heavy atom. The van der Waals surface area contributed by atoms with Crippen molar-refractivity contribution in [2.45, 2.75) is 0 Å². The predicted molar refractivity (Wildman–Crippen MR) is 27.8 cm³/mol. The van der Waals surface area contributed by atoms with Crippen molar-refractivity contribution in [1.82, 2.24) is 0 Å². The van der Waals surface area contributed by atoms with Gasteiger partial charge in [-0.3, -0.25) is 9.11 Å². The molecule has 0 aromatic carbocycles. The summed E-state index contributed by atoms with van der Waals surface area (Å²) >= 11 is -2.61. The third kappa shape index (κ3) is 55.1. The molecule has 0 amide bonds. The van der Waals surface area contributed by atoms with Crippen LogP contribution in [0.2, 0.25) is 0 Å². The normalized spacial score (nSPS) is 5.83. The zero-order valence-electron chi connectivity index (χ0n) is 2.12. The van der Waals surface area contributed by atoms with Crippen molar-refractivity contribution in [3.05, 3.63) is 0 Å². The van der Waals surface area contributed by atoms with Crippen molar-refractivity contribution >= 4 is 53.3 Å². The van der Waals surface area contributed by atoms with Crippen LogP contribution >= 0.6 is 12.4 Å². The van der Waals surface area contributed by atoms with Gasteiger partial charge in [-0.1, -0.05) is 0 Å². The number of halogens is 1. The van der Waals surface area contributed by atoms with E-state index in [0.29, 0.717) is 0 Å². The Morgan fingerprint density at radius 1 is 1.33 bits per heavy atom. The van der Waals surface area contributed by atoms with Crippen molar-refractivity contribution in [2.24, 2.45) is 0 Å². The van der Waals surface area contributed by atoms with E-state index in [4.69, 9.17) is 13.3 Å². The quantitative estimate of drug-likeness (QED) is 0.353. The summed E-state index contributed by atoms with van der Waals surface area (Å²) in [6, 6.07) is 0. The van der Waals surface area contributed by atoms with Gasteiger partial charge in [-0.15, -0.1) is 12.4 Å². The van der Waals surface area contributed by atoms with E-state index in [2.05, 4.69) is 0 Å². The van der Waals surface area contributed by atoms with Crippen LogP contribution in [0.1, 0.15) is 0 Å². The Hall–Kier alpha value is 1.36. The molecule has 0 unspecified atom stereocenters. The van der Waals surface area contributed by atoms with E-state index in [-0.39, 0.29) is 42.0 Å². The molecule has 0 bridgehead atoms. The number of rotatable bonds is 0. The molecule has 0 saturated heterocycles. The van der Waals surface area contributed by atoms with Gasteiger partial charge in [0.25, 0.3) is 11.4 Å². The molecule has 0 aromatic rings. The van der Waals surface area contributed by atoms with E-state index in [1.165, 1.54) is 0 Å². The fourth-order valence-corrected chi connectivity index (χ4v) is 0. The van der Waals surface area contributed by atoms with Gasteiger partial charge in [0.15, 0.2) is 0 Å². The first-order valence-corrected chi connectivity index (χ1v) is 1.60. The molecular formula is H4ClNaO3S. The summed E-state index contributed by atoms with van der Waals surface area (Å²) in [5.41, 5.74) is 0. The molecule has 36 valence electrons. The zero-order chi connectivity index (χ0) is 3.58. The van der Waals surface area contributed by atoms with Crippen LogP contribution < -0.4 is 0 Å². The molecule has 2 N–H and O–H groups in total. The van der Waals surface area contributed by atoms with Crippen molar-refractivity contribution in [2.75, 3.05) is 0 Å². The molecular weight excluding hydrogens is 139 g/mol. The van der Waals surface area contributed by atoms with Gasteiger partial charge in [0.2, 0.25) is 0 Å². The van der Waals surface area contributed by atoms with E-state index in [1.807, 2.05) is 0 Å². The minimum atomic E-state index is -2.61. The Balaban J connectivity index is -0.0000000450. The van der Waals surface area contributed by atoms with Crippen molar-refractivity contribution in [3.63, 3.8) is 0 Å². The topological polar surface area (TPSA) is 57.5 Å². The van der Waals surface area contributed by atoms with Gasteiger partial charge in [0.05, 0.1) is 0 Å². The second-order valence-corrected chi connectivity index (χ2v) is 0.692. The molecule has 6 heavy (non-hydrogen) atoms. The molecule has 0 radical (unpaired) electrons. The maximum atomic E-state index is 8.67. The molecule has 0 heterocycles. The summed E-state index contributed by atoms with van der Waals surface area (Å²) in [5.74, 6) is 0. The van der Waals surface area contributed by atoms with Gasteiger partial charge in [-0.05, 0) is 0 Å². The van der Waals surface area contributed by atoms with Crippen LogP contribution in [0, 0.1) is 0 Å². The first kappa shape index (κ1) is 15.7. The van der Waals surface area contributed by atoms with Gasteiger partial charge >= 0.3 is 29.6 Å². The maximum absolute atomic E-state index is 8.67. The number of hydrogen-bond donors (Lipinski definition) is 2. The van der Waals surface area contributed by atoms with Gasteiger partial charge < -0.3 is 0 Å². The van der Waals surface area contributed by atoms with Crippen LogP contribution in [-0.2, 0) is 11.4 Å². The molecule has 0 aromatic heterocycles. The van der Waals surface area contributed by atoms with Gasteiger partial charge in [0.1, 0.15) is 0 Å². The van der Waals surface area contributed by atoms with E-state index in [0.717, 1.165) is 0 Å². The van der Waals surface area contributed by atoms with E-state index < -0.39 is 11.4 Å². The van der Waals surface area contributed by atoms with Crippen LogP contribution in [0.3, 0.4) is 0 Å². The van der Waals surface area contributed by atoms with Crippen LogP contribution in [0.5, 0.6) is 0 Å². The monoisotopic (exact) mass is 142 g/mol. The van der Waals surface area contributed by atoms with Gasteiger partial charge in [-0.25, -0.2) is 0 Å². The summed E-state index contributed by atoms with van der Waals surface area (Å²) in [7, 11) is 0. The van der Waals surface area contributed by atoms with Crippen molar-refractivity contribution < 1.29 is 13.3 Å². The Bertz CT molecular complexity index is 33.8. The predicted octanol–water partition coefficient (Wildman–Crippen LogP) is -0.546. The molecule has 0 fully saturated rings. The molecule has 0 aliphatic rings. The molecule has 0 atom stereocenters. The van der Waals surface area contributed by atoms with Gasteiger partial charge in [0, 0.05) is 0 Å². The van der Waals surface area contributed by atoms with Crippen LogP contribution in [-0.4, -0.2) is 42.9 Å². The number of hydrogen-bond acceptors (Lipinski definition) is 1. The molecule has 0 aliphatic heterocycles. The Kier molecular flexibility index (Phi) is 25.1. The molecule has 0 rings (SSSR count). The summed E-state index contributed by atoms with van der Waals surface area (Å²) in [4.78, 5) is 0. The van der Waals surface area contributed by atoms with E-state index >= 15 is 0 Å². The molecule has 0 aliphatic carbocycles. The molecule has 6 heteroatoms. The zero-order valence-corrected chi connectivity index (χ0v) is 3.75. The SMILES string of the molecule is Cl.O=S(O)O.[NaH]. The molecule has 0 spiro atoms. The van der Waals surface area contributed by atoms with Crippen LogP contribution in [0.25, 0.3) is 0 Å². The Labute approximate surface area is 66.3 Å². The fraction of sp³-hybridized carbons (Fsp3) is 0. The summed E-state index contributed by atoms with van der Waals surface area (Å²) in [6.07, 6.45) is 0. The first-order chi connectivity index (χ1) is 1.73. The summed E-state index contributed by atoms with van der Waals surface area (Å²) in [5, 5.41) is 0. The first-order valence-electron chi connectivity index (χ1n) is 0.532.